The molecule has 0 aliphatic carbocycles. The molecule has 1 aromatic heterocycles. The Morgan fingerprint density at radius 1 is 1.00 bits per heavy atom. The Balaban J connectivity index is 1.72. The number of rotatable bonds is 4. The normalized spacial score (nSPS) is 10.6. The van der Waals surface area contributed by atoms with Gasteiger partial charge >= 0.3 is 0 Å². The molecule has 0 amide bonds. The SMILES string of the molecule is Cc1cccc(NCc2noc(-c3ccccc3)n2)c1C. The van der Waals surface area contributed by atoms with Gasteiger partial charge in [0, 0.05) is 11.3 Å². The third-order valence-corrected chi connectivity index (χ3v) is 3.53. The van der Waals surface area contributed by atoms with E-state index in [9.17, 15) is 0 Å². The van der Waals surface area contributed by atoms with Crippen LogP contribution in [0.5, 0.6) is 0 Å². The Hall–Kier alpha value is -2.62. The van der Waals surface area contributed by atoms with Crippen molar-refractivity contribution in [3.05, 3.63) is 65.5 Å². The van der Waals surface area contributed by atoms with Gasteiger partial charge in [-0.05, 0) is 43.2 Å². The summed E-state index contributed by atoms with van der Waals surface area (Å²) in [6.07, 6.45) is 0. The van der Waals surface area contributed by atoms with Gasteiger partial charge in [0.25, 0.3) is 5.89 Å². The molecule has 21 heavy (non-hydrogen) atoms. The first-order valence-corrected chi connectivity index (χ1v) is 6.92. The van der Waals surface area contributed by atoms with Crippen LogP contribution in [-0.4, -0.2) is 10.1 Å². The van der Waals surface area contributed by atoms with Gasteiger partial charge in [-0.1, -0.05) is 35.5 Å². The van der Waals surface area contributed by atoms with E-state index in [4.69, 9.17) is 4.52 Å². The van der Waals surface area contributed by atoms with Crippen molar-refractivity contribution in [1.82, 2.24) is 10.1 Å². The number of anilines is 1. The van der Waals surface area contributed by atoms with Gasteiger partial charge in [0.1, 0.15) is 0 Å². The van der Waals surface area contributed by atoms with E-state index < -0.39 is 0 Å². The molecule has 0 aliphatic rings. The Morgan fingerprint density at radius 3 is 2.62 bits per heavy atom. The Kier molecular flexibility index (Phi) is 3.69. The quantitative estimate of drug-likeness (QED) is 0.785. The van der Waals surface area contributed by atoms with Crippen LogP contribution in [0.25, 0.3) is 11.5 Å². The largest absolute Gasteiger partial charge is 0.377 e. The highest BCUT2D eigenvalue weighted by Crippen LogP contribution is 2.19. The van der Waals surface area contributed by atoms with Crippen LogP contribution in [0.4, 0.5) is 5.69 Å². The van der Waals surface area contributed by atoms with Crippen molar-refractivity contribution < 1.29 is 4.52 Å². The number of nitrogens with zero attached hydrogens (tertiary/aromatic N) is 2. The van der Waals surface area contributed by atoms with Gasteiger partial charge in [-0.3, -0.25) is 0 Å². The summed E-state index contributed by atoms with van der Waals surface area (Å²) in [5.41, 5.74) is 4.53. The molecular weight excluding hydrogens is 262 g/mol. The fourth-order valence-corrected chi connectivity index (χ4v) is 2.14. The smallest absolute Gasteiger partial charge is 0.257 e. The molecule has 0 radical (unpaired) electrons. The zero-order valence-electron chi connectivity index (χ0n) is 12.1. The molecule has 3 aromatic rings. The lowest BCUT2D eigenvalue weighted by atomic mass is 10.1. The summed E-state index contributed by atoms with van der Waals surface area (Å²) in [4.78, 5) is 4.41. The summed E-state index contributed by atoms with van der Waals surface area (Å²) < 4.78 is 5.29. The van der Waals surface area contributed by atoms with Gasteiger partial charge < -0.3 is 9.84 Å². The molecule has 3 rings (SSSR count). The number of aromatic nitrogens is 2. The first-order valence-electron chi connectivity index (χ1n) is 6.92. The monoisotopic (exact) mass is 279 g/mol. The van der Waals surface area contributed by atoms with E-state index in [1.165, 1.54) is 11.1 Å². The van der Waals surface area contributed by atoms with Crippen molar-refractivity contribution in [3.8, 4) is 11.5 Å². The average Bonchev–Trinajstić information content (AvgIpc) is 2.99. The third kappa shape index (κ3) is 2.94. The van der Waals surface area contributed by atoms with E-state index in [0.29, 0.717) is 18.3 Å². The molecule has 0 atom stereocenters. The number of aryl methyl sites for hydroxylation is 1. The minimum absolute atomic E-state index is 0.542. The number of hydrogen-bond acceptors (Lipinski definition) is 4. The van der Waals surface area contributed by atoms with Crippen molar-refractivity contribution in [2.24, 2.45) is 0 Å². The van der Waals surface area contributed by atoms with Crippen LogP contribution in [0.15, 0.2) is 53.1 Å². The summed E-state index contributed by atoms with van der Waals surface area (Å²) in [5, 5.41) is 7.36. The lowest BCUT2D eigenvalue weighted by Crippen LogP contribution is -2.03. The molecule has 0 fully saturated rings. The Morgan fingerprint density at radius 2 is 1.81 bits per heavy atom. The molecular formula is C17H17N3O. The maximum absolute atomic E-state index is 5.29. The van der Waals surface area contributed by atoms with Crippen molar-refractivity contribution in [2.45, 2.75) is 20.4 Å². The second kappa shape index (κ2) is 5.79. The van der Waals surface area contributed by atoms with Crippen LogP contribution in [0.3, 0.4) is 0 Å². The second-order valence-corrected chi connectivity index (χ2v) is 4.98. The lowest BCUT2D eigenvalue weighted by molar-refractivity contribution is 0.423. The summed E-state index contributed by atoms with van der Waals surface area (Å²) in [6, 6.07) is 16.0. The number of hydrogen-bond donors (Lipinski definition) is 1. The zero-order chi connectivity index (χ0) is 14.7. The second-order valence-electron chi connectivity index (χ2n) is 4.98. The summed E-state index contributed by atoms with van der Waals surface area (Å²) in [5.74, 6) is 1.20. The Bertz CT molecular complexity index is 735. The summed E-state index contributed by atoms with van der Waals surface area (Å²) in [6.45, 7) is 4.74. The van der Waals surface area contributed by atoms with Gasteiger partial charge in [0.15, 0.2) is 5.82 Å². The van der Waals surface area contributed by atoms with E-state index in [1.54, 1.807) is 0 Å². The van der Waals surface area contributed by atoms with E-state index in [2.05, 4.69) is 41.4 Å². The minimum atomic E-state index is 0.542. The molecule has 0 saturated carbocycles. The molecule has 106 valence electrons. The maximum Gasteiger partial charge on any atom is 0.257 e. The van der Waals surface area contributed by atoms with Gasteiger partial charge in [0.2, 0.25) is 0 Å². The molecule has 0 saturated heterocycles. The molecule has 0 unspecified atom stereocenters. The van der Waals surface area contributed by atoms with Crippen molar-refractivity contribution >= 4 is 5.69 Å². The van der Waals surface area contributed by atoms with E-state index in [-0.39, 0.29) is 0 Å². The Labute approximate surface area is 123 Å². The first-order chi connectivity index (χ1) is 10.2. The standard InChI is InChI=1S/C17H17N3O/c1-12-7-6-10-15(13(12)2)18-11-16-19-17(21-20-16)14-8-4-3-5-9-14/h3-10,18H,11H2,1-2H3. The lowest BCUT2D eigenvalue weighted by Gasteiger charge is -2.09. The predicted molar refractivity (Wildman–Crippen MR) is 83.0 cm³/mol. The predicted octanol–water partition coefficient (Wildman–Crippen LogP) is 3.97. The van der Waals surface area contributed by atoms with Crippen LogP contribution in [-0.2, 0) is 6.54 Å². The van der Waals surface area contributed by atoms with Crippen LogP contribution in [0.2, 0.25) is 0 Å². The molecule has 4 nitrogen and oxygen atoms in total. The van der Waals surface area contributed by atoms with Crippen LogP contribution in [0, 0.1) is 13.8 Å². The van der Waals surface area contributed by atoms with Crippen molar-refractivity contribution in [2.75, 3.05) is 5.32 Å². The molecule has 2 aromatic carbocycles. The molecule has 0 bridgehead atoms. The van der Waals surface area contributed by atoms with Gasteiger partial charge in [-0.2, -0.15) is 4.98 Å². The highest BCUT2D eigenvalue weighted by Gasteiger charge is 2.08. The van der Waals surface area contributed by atoms with E-state index in [1.807, 2.05) is 36.4 Å². The topological polar surface area (TPSA) is 51.0 Å². The van der Waals surface area contributed by atoms with Gasteiger partial charge in [0.05, 0.1) is 6.54 Å². The molecule has 1 heterocycles. The van der Waals surface area contributed by atoms with Crippen LogP contribution < -0.4 is 5.32 Å². The summed E-state index contributed by atoms with van der Waals surface area (Å²) >= 11 is 0. The van der Waals surface area contributed by atoms with E-state index in [0.717, 1.165) is 11.3 Å². The van der Waals surface area contributed by atoms with Crippen molar-refractivity contribution in [1.29, 1.82) is 0 Å². The highest BCUT2D eigenvalue weighted by molar-refractivity contribution is 5.54. The fourth-order valence-electron chi connectivity index (χ4n) is 2.14. The van der Waals surface area contributed by atoms with E-state index >= 15 is 0 Å². The van der Waals surface area contributed by atoms with Gasteiger partial charge in [-0.15, -0.1) is 0 Å². The summed E-state index contributed by atoms with van der Waals surface area (Å²) in [7, 11) is 0. The molecule has 4 heteroatoms. The zero-order valence-corrected chi connectivity index (χ0v) is 12.1. The van der Waals surface area contributed by atoms with Crippen LogP contribution in [0.1, 0.15) is 17.0 Å². The fraction of sp³-hybridized carbons (Fsp3) is 0.176. The number of benzene rings is 2. The molecule has 0 aliphatic heterocycles. The molecule has 0 spiro atoms. The first kappa shape index (κ1) is 13.4. The average molecular weight is 279 g/mol. The highest BCUT2D eigenvalue weighted by atomic mass is 16.5. The minimum Gasteiger partial charge on any atom is -0.377 e. The maximum atomic E-state index is 5.29. The molecule has 1 N–H and O–H groups in total. The van der Waals surface area contributed by atoms with Gasteiger partial charge in [-0.25, -0.2) is 0 Å². The third-order valence-electron chi connectivity index (χ3n) is 3.53. The van der Waals surface area contributed by atoms with Crippen LogP contribution >= 0.6 is 0 Å². The van der Waals surface area contributed by atoms with Crippen molar-refractivity contribution in [3.63, 3.8) is 0 Å². The number of nitrogens with one attached hydrogen (secondary N) is 1.